The van der Waals surface area contributed by atoms with Crippen molar-refractivity contribution in [1.82, 2.24) is 4.98 Å². The average Bonchev–Trinajstić information content (AvgIpc) is 2.86. The highest BCUT2D eigenvalue weighted by atomic mass is 79.9. The molecule has 1 aromatic carbocycles. The maximum atomic E-state index is 12.2. The number of carbonyl (C=O) groups is 1. The molecule has 106 valence electrons. The zero-order chi connectivity index (χ0) is 14.7. The third-order valence-electron chi connectivity index (χ3n) is 3.12. The Kier molecular flexibility index (Phi) is 4.60. The lowest BCUT2D eigenvalue weighted by Crippen LogP contribution is -2.15. The number of amides is 1. The number of hydrogen-bond donors (Lipinski definition) is 1. The second-order valence-electron chi connectivity index (χ2n) is 4.51. The first-order valence-electron chi connectivity index (χ1n) is 6.59. The molecule has 2 rings (SSSR count). The van der Waals surface area contributed by atoms with E-state index in [-0.39, 0.29) is 5.91 Å². The van der Waals surface area contributed by atoms with E-state index in [1.54, 1.807) is 6.92 Å². The SMILES string of the molecule is CCc1cc(Br)cc(CC)c1NC(=O)c1coc(C)n1. The largest absolute Gasteiger partial charge is 0.448 e. The molecule has 4 nitrogen and oxygen atoms in total. The summed E-state index contributed by atoms with van der Waals surface area (Å²) in [5, 5.41) is 2.96. The summed E-state index contributed by atoms with van der Waals surface area (Å²) < 4.78 is 6.11. The molecule has 1 amide bonds. The number of rotatable bonds is 4. The van der Waals surface area contributed by atoms with Crippen LogP contribution in [0.5, 0.6) is 0 Å². The van der Waals surface area contributed by atoms with E-state index in [2.05, 4.69) is 40.1 Å². The van der Waals surface area contributed by atoms with Crippen LogP contribution >= 0.6 is 15.9 Å². The Bertz CT molecular complexity index is 610. The quantitative estimate of drug-likeness (QED) is 0.913. The zero-order valence-corrected chi connectivity index (χ0v) is 13.4. The Morgan fingerprint density at radius 3 is 2.35 bits per heavy atom. The van der Waals surface area contributed by atoms with Crippen LogP contribution in [0.15, 0.2) is 27.3 Å². The fraction of sp³-hybridized carbons (Fsp3) is 0.333. The van der Waals surface area contributed by atoms with Crippen LogP contribution in [0.4, 0.5) is 5.69 Å². The molecule has 0 saturated heterocycles. The standard InChI is InChI=1S/C15H17BrN2O2/c1-4-10-6-12(16)7-11(5-2)14(10)18-15(19)13-8-20-9(3)17-13/h6-8H,4-5H2,1-3H3,(H,18,19). The van der Waals surface area contributed by atoms with Crippen LogP contribution in [0, 0.1) is 6.92 Å². The Morgan fingerprint density at radius 1 is 1.30 bits per heavy atom. The van der Waals surface area contributed by atoms with E-state index in [0.29, 0.717) is 11.6 Å². The first-order chi connectivity index (χ1) is 9.55. The van der Waals surface area contributed by atoms with Gasteiger partial charge in [-0.25, -0.2) is 4.98 Å². The molecule has 0 aliphatic rings. The molecule has 1 N–H and O–H groups in total. The van der Waals surface area contributed by atoms with Crippen molar-refractivity contribution in [2.75, 3.05) is 5.32 Å². The van der Waals surface area contributed by atoms with E-state index in [9.17, 15) is 4.79 Å². The summed E-state index contributed by atoms with van der Waals surface area (Å²) in [4.78, 5) is 16.3. The maximum Gasteiger partial charge on any atom is 0.277 e. The van der Waals surface area contributed by atoms with Gasteiger partial charge in [-0.15, -0.1) is 0 Å². The Hall–Kier alpha value is -1.62. The van der Waals surface area contributed by atoms with Crippen molar-refractivity contribution in [1.29, 1.82) is 0 Å². The molecule has 0 radical (unpaired) electrons. The van der Waals surface area contributed by atoms with Gasteiger partial charge in [0.15, 0.2) is 11.6 Å². The highest BCUT2D eigenvalue weighted by molar-refractivity contribution is 9.10. The molecule has 0 bridgehead atoms. The smallest absolute Gasteiger partial charge is 0.277 e. The minimum Gasteiger partial charge on any atom is -0.448 e. The van der Waals surface area contributed by atoms with Crippen molar-refractivity contribution < 1.29 is 9.21 Å². The molecule has 0 atom stereocenters. The molecule has 0 unspecified atom stereocenters. The number of nitrogens with zero attached hydrogens (tertiary/aromatic N) is 1. The molecule has 1 heterocycles. The lowest BCUT2D eigenvalue weighted by molar-refractivity contribution is 0.102. The Labute approximate surface area is 126 Å². The third-order valence-corrected chi connectivity index (χ3v) is 3.58. The van der Waals surface area contributed by atoms with E-state index in [4.69, 9.17) is 4.42 Å². The maximum absolute atomic E-state index is 12.2. The Morgan fingerprint density at radius 2 is 1.90 bits per heavy atom. The monoisotopic (exact) mass is 336 g/mol. The molecule has 2 aromatic rings. The first kappa shape index (κ1) is 14.8. The van der Waals surface area contributed by atoms with Crippen LogP contribution in [0.3, 0.4) is 0 Å². The number of nitrogens with one attached hydrogen (secondary N) is 1. The third kappa shape index (κ3) is 3.10. The summed E-state index contributed by atoms with van der Waals surface area (Å²) in [5.74, 6) is 0.242. The molecule has 5 heteroatoms. The van der Waals surface area contributed by atoms with Gasteiger partial charge in [0.25, 0.3) is 5.91 Å². The van der Waals surface area contributed by atoms with Crippen molar-refractivity contribution in [3.63, 3.8) is 0 Å². The van der Waals surface area contributed by atoms with E-state index in [1.807, 2.05) is 12.1 Å². The van der Waals surface area contributed by atoms with Crippen LogP contribution < -0.4 is 5.32 Å². The summed E-state index contributed by atoms with van der Waals surface area (Å²) in [6.07, 6.45) is 3.07. The fourth-order valence-electron chi connectivity index (χ4n) is 2.09. The van der Waals surface area contributed by atoms with Crippen LogP contribution in [-0.2, 0) is 12.8 Å². The van der Waals surface area contributed by atoms with Crippen LogP contribution in [-0.4, -0.2) is 10.9 Å². The van der Waals surface area contributed by atoms with Crippen LogP contribution in [0.25, 0.3) is 0 Å². The highest BCUT2D eigenvalue weighted by Gasteiger charge is 2.15. The minimum atomic E-state index is -0.242. The number of anilines is 1. The molecule has 0 spiro atoms. The van der Waals surface area contributed by atoms with Gasteiger partial charge in [0, 0.05) is 17.1 Å². The summed E-state index contributed by atoms with van der Waals surface area (Å²) in [6.45, 7) is 5.85. The van der Waals surface area contributed by atoms with Crippen molar-refractivity contribution >= 4 is 27.5 Å². The summed E-state index contributed by atoms with van der Waals surface area (Å²) in [6, 6.07) is 4.06. The molecular weight excluding hydrogens is 320 g/mol. The second kappa shape index (κ2) is 6.22. The molecule has 1 aromatic heterocycles. The lowest BCUT2D eigenvalue weighted by atomic mass is 10.0. The topological polar surface area (TPSA) is 55.1 Å². The van der Waals surface area contributed by atoms with Gasteiger partial charge in [-0.2, -0.15) is 0 Å². The van der Waals surface area contributed by atoms with Crippen LogP contribution in [0.2, 0.25) is 0 Å². The predicted molar refractivity (Wildman–Crippen MR) is 82.1 cm³/mol. The summed E-state index contributed by atoms with van der Waals surface area (Å²) >= 11 is 3.50. The van der Waals surface area contributed by atoms with Gasteiger partial charge in [0.05, 0.1) is 0 Å². The van der Waals surface area contributed by atoms with Crippen molar-refractivity contribution in [3.8, 4) is 0 Å². The number of carbonyl (C=O) groups excluding carboxylic acids is 1. The fourth-order valence-corrected chi connectivity index (χ4v) is 2.64. The highest BCUT2D eigenvalue weighted by Crippen LogP contribution is 2.28. The normalized spacial score (nSPS) is 10.6. The number of halogens is 1. The molecular formula is C15H17BrN2O2. The van der Waals surface area contributed by atoms with Crippen molar-refractivity contribution in [2.24, 2.45) is 0 Å². The molecule has 20 heavy (non-hydrogen) atoms. The minimum absolute atomic E-state index is 0.242. The van der Waals surface area contributed by atoms with E-state index in [0.717, 1.165) is 34.1 Å². The van der Waals surface area contributed by atoms with Gasteiger partial charge in [0.2, 0.25) is 0 Å². The van der Waals surface area contributed by atoms with Gasteiger partial charge in [-0.05, 0) is 36.1 Å². The van der Waals surface area contributed by atoms with E-state index >= 15 is 0 Å². The molecule has 0 fully saturated rings. The second-order valence-corrected chi connectivity index (χ2v) is 5.43. The number of hydrogen-bond acceptors (Lipinski definition) is 3. The van der Waals surface area contributed by atoms with Crippen LogP contribution in [0.1, 0.15) is 41.4 Å². The van der Waals surface area contributed by atoms with E-state index < -0.39 is 0 Å². The van der Waals surface area contributed by atoms with Gasteiger partial charge < -0.3 is 9.73 Å². The van der Waals surface area contributed by atoms with Gasteiger partial charge in [0.1, 0.15) is 6.26 Å². The van der Waals surface area contributed by atoms with E-state index in [1.165, 1.54) is 6.26 Å². The summed E-state index contributed by atoms with van der Waals surface area (Å²) in [7, 11) is 0. The lowest BCUT2D eigenvalue weighted by Gasteiger charge is -2.14. The van der Waals surface area contributed by atoms with Gasteiger partial charge >= 0.3 is 0 Å². The summed E-state index contributed by atoms with van der Waals surface area (Å²) in [5.41, 5.74) is 3.38. The number of oxazole rings is 1. The molecule has 0 saturated carbocycles. The zero-order valence-electron chi connectivity index (χ0n) is 11.8. The number of benzene rings is 1. The Balaban J connectivity index is 2.35. The number of aromatic nitrogens is 1. The first-order valence-corrected chi connectivity index (χ1v) is 7.39. The van der Waals surface area contributed by atoms with Crippen molar-refractivity contribution in [2.45, 2.75) is 33.6 Å². The predicted octanol–water partition coefficient (Wildman–Crippen LogP) is 4.12. The van der Waals surface area contributed by atoms with Crippen molar-refractivity contribution in [3.05, 3.63) is 45.6 Å². The molecule has 0 aliphatic heterocycles. The number of aryl methyl sites for hydroxylation is 3. The van der Waals surface area contributed by atoms with Gasteiger partial charge in [-0.3, -0.25) is 4.79 Å². The molecule has 0 aliphatic carbocycles. The van der Waals surface area contributed by atoms with Gasteiger partial charge in [-0.1, -0.05) is 29.8 Å². The average molecular weight is 337 g/mol.